The van der Waals surface area contributed by atoms with Crippen LogP contribution in [0.3, 0.4) is 0 Å². The Hall–Kier alpha value is -4.04. The first-order chi connectivity index (χ1) is 14.3. The zero-order chi connectivity index (χ0) is 19.6. The van der Waals surface area contributed by atoms with Crippen molar-refractivity contribution in [1.29, 1.82) is 0 Å². The summed E-state index contributed by atoms with van der Waals surface area (Å²) >= 11 is 0. The molecular formula is C21H17N7O. The fourth-order valence-corrected chi connectivity index (χ4v) is 3.07. The topological polar surface area (TPSA) is 82.2 Å². The maximum atomic E-state index is 5.52. The number of rotatable bonds is 6. The molecule has 0 amide bonds. The lowest BCUT2D eigenvalue weighted by Crippen LogP contribution is -2.12. The highest BCUT2D eigenvalue weighted by Gasteiger charge is 2.13. The van der Waals surface area contributed by atoms with Gasteiger partial charge in [-0.15, -0.1) is 5.10 Å². The van der Waals surface area contributed by atoms with Crippen LogP contribution < -0.4 is 5.48 Å². The normalized spacial score (nSPS) is 11.2. The van der Waals surface area contributed by atoms with Crippen LogP contribution in [-0.4, -0.2) is 29.4 Å². The van der Waals surface area contributed by atoms with Gasteiger partial charge in [0, 0.05) is 0 Å². The molecule has 0 fully saturated rings. The summed E-state index contributed by atoms with van der Waals surface area (Å²) in [5, 5.41) is 9.70. The van der Waals surface area contributed by atoms with E-state index in [2.05, 4.69) is 32.2 Å². The van der Waals surface area contributed by atoms with Crippen LogP contribution in [0.15, 0.2) is 79.8 Å². The van der Waals surface area contributed by atoms with Crippen molar-refractivity contribution in [2.24, 2.45) is 0 Å². The van der Waals surface area contributed by atoms with Gasteiger partial charge in [0.2, 0.25) is 0 Å². The first kappa shape index (κ1) is 17.1. The Bertz CT molecular complexity index is 1290. The van der Waals surface area contributed by atoms with Gasteiger partial charge in [0.1, 0.15) is 12.9 Å². The van der Waals surface area contributed by atoms with E-state index < -0.39 is 0 Å². The summed E-state index contributed by atoms with van der Waals surface area (Å²) in [5.74, 6) is 0.528. The van der Waals surface area contributed by atoms with Crippen LogP contribution in [0.5, 0.6) is 0 Å². The molecule has 5 aromatic rings. The van der Waals surface area contributed by atoms with Crippen LogP contribution in [0.1, 0.15) is 11.4 Å². The van der Waals surface area contributed by atoms with E-state index in [0.717, 1.165) is 22.3 Å². The molecule has 1 N–H and O–H groups in total. The number of hydrogen-bond acceptors (Lipinski definition) is 6. The summed E-state index contributed by atoms with van der Waals surface area (Å²) in [7, 11) is 0. The third kappa shape index (κ3) is 3.21. The first-order valence-electron chi connectivity index (χ1n) is 9.05. The van der Waals surface area contributed by atoms with E-state index in [9.17, 15) is 0 Å². The van der Waals surface area contributed by atoms with Gasteiger partial charge in [0.05, 0.1) is 23.0 Å². The summed E-state index contributed by atoms with van der Waals surface area (Å²) in [6.07, 6.45) is 3.38. The Labute approximate surface area is 166 Å². The van der Waals surface area contributed by atoms with Crippen LogP contribution in [0.2, 0.25) is 0 Å². The first-order valence-corrected chi connectivity index (χ1v) is 9.05. The Morgan fingerprint density at radius 2 is 1.76 bits per heavy atom. The van der Waals surface area contributed by atoms with Crippen molar-refractivity contribution in [3.8, 4) is 5.69 Å². The Morgan fingerprint density at radius 1 is 1.00 bits per heavy atom. The van der Waals surface area contributed by atoms with Crippen molar-refractivity contribution in [2.75, 3.05) is 0 Å². The standard InChI is InChI=1S/C21H17N7O/c1-15(16-8-4-2-5-9-16)26-29-13-19-24-21-18-12-23-28(17-10-6-3-7-11-17)20(18)22-14-27(21)25-19/h2-12,14,26H,1,13H2. The molecule has 0 aliphatic rings. The summed E-state index contributed by atoms with van der Waals surface area (Å²) in [6.45, 7) is 4.15. The maximum Gasteiger partial charge on any atom is 0.180 e. The van der Waals surface area contributed by atoms with Gasteiger partial charge in [-0.05, 0) is 17.7 Å². The summed E-state index contributed by atoms with van der Waals surface area (Å²) < 4.78 is 3.41. The monoisotopic (exact) mass is 383 g/mol. The lowest BCUT2D eigenvalue weighted by molar-refractivity contribution is 0.0603. The fraction of sp³-hybridized carbons (Fsp3) is 0.0476. The number of benzene rings is 2. The fourth-order valence-electron chi connectivity index (χ4n) is 3.07. The highest BCUT2D eigenvalue weighted by molar-refractivity contribution is 5.89. The zero-order valence-corrected chi connectivity index (χ0v) is 15.4. The maximum absolute atomic E-state index is 5.52. The number of hydrogen-bond donors (Lipinski definition) is 1. The number of fused-ring (bicyclic) bond motifs is 3. The molecule has 0 radical (unpaired) electrons. The van der Waals surface area contributed by atoms with E-state index in [1.54, 1.807) is 21.7 Å². The Balaban J connectivity index is 1.37. The van der Waals surface area contributed by atoms with Crippen LogP contribution >= 0.6 is 0 Å². The molecule has 0 saturated carbocycles. The molecule has 8 heteroatoms. The van der Waals surface area contributed by atoms with Gasteiger partial charge >= 0.3 is 0 Å². The van der Waals surface area contributed by atoms with E-state index >= 15 is 0 Å². The molecule has 0 unspecified atom stereocenters. The number of para-hydroxylation sites is 1. The second-order valence-electron chi connectivity index (χ2n) is 6.41. The van der Waals surface area contributed by atoms with Crippen LogP contribution in [0.25, 0.3) is 28.1 Å². The van der Waals surface area contributed by atoms with Crippen molar-refractivity contribution in [2.45, 2.75) is 6.61 Å². The van der Waals surface area contributed by atoms with E-state index in [1.165, 1.54) is 0 Å². The van der Waals surface area contributed by atoms with Crippen LogP contribution in [0, 0.1) is 0 Å². The van der Waals surface area contributed by atoms with Crippen molar-refractivity contribution < 1.29 is 4.84 Å². The molecule has 0 spiro atoms. The minimum absolute atomic E-state index is 0.182. The number of hydroxylamine groups is 1. The molecule has 5 rings (SSSR count). The second-order valence-corrected chi connectivity index (χ2v) is 6.41. The summed E-state index contributed by atoms with van der Waals surface area (Å²) in [6, 6.07) is 19.6. The molecular weight excluding hydrogens is 366 g/mol. The molecule has 3 heterocycles. The number of nitrogens with zero attached hydrogens (tertiary/aromatic N) is 6. The highest BCUT2D eigenvalue weighted by atomic mass is 16.6. The Morgan fingerprint density at radius 3 is 2.55 bits per heavy atom. The number of nitrogens with one attached hydrogen (secondary N) is 1. The smallest absolute Gasteiger partial charge is 0.180 e. The third-order valence-electron chi connectivity index (χ3n) is 4.47. The molecule has 0 aliphatic heterocycles. The van der Waals surface area contributed by atoms with Crippen molar-refractivity contribution >= 4 is 22.4 Å². The molecule has 29 heavy (non-hydrogen) atoms. The molecule has 142 valence electrons. The van der Waals surface area contributed by atoms with Gasteiger partial charge in [-0.1, -0.05) is 55.1 Å². The number of aromatic nitrogens is 6. The summed E-state index contributed by atoms with van der Waals surface area (Å²) in [4.78, 5) is 14.6. The largest absolute Gasteiger partial charge is 0.268 e. The van der Waals surface area contributed by atoms with Crippen LogP contribution in [0.4, 0.5) is 0 Å². The Kier molecular flexibility index (Phi) is 4.23. The minimum atomic E-state index is 0.182. The van der Waals surface area contributed by atoms with E-state index in [0.29, 0.717) is 17.2 Å². The molecule has 3 aromatic heterocycles. The average molecular weight is 383 g/mol. The van der Waals surface area contributed by atoms with Crippen molar-refractivity contribution in [3.63, 3.8) is 0 Å². The molecule has 0 aliphatic carbocycles. The molecule has 8 nitrogen and oxygen atoms in total. The zero-order valence-electron chi connectivity index (χ0n) is 15.4. The van der Waals surface area contributed by atoms with Crippen molar-refractivity contribution in [1.82, 2.24) is 34.8 Å². The third-order valence-corrected chi connectivity index (χ3v) is 4.47. The van der Waals surface area contributed by atoms with Gasteiger partial charge in [-0.3, -0.25) is 10.3 Å². The molecule has 2 aromatic carbocycles. The molecule has 0 saturated heterocycles. The van der Waals surface area contributed by atoms with Crippen molar-refractivity contribution in [3.05, 3.63) is 91.2 Å². The lowest BCUT2D eigenvalue weighted by Gasteiger charge is -2.08. The van der Waals surface area contributed by atoms with E-state index in [1.807, 2.05) is 60.7 Å². The SMILES string of the molecule is C=C(NOCc1nc2c3cnn(-c4ccccc4)c3ncn2n1)c1ccccc1. The van der Waals surface area contributed by atoms with Gasteiger partial charge in [0.25, 0.3) is 0 Å². The van der Waals surface area contributed by atoms with Crippen LogP contribution in [-0.2, 0) is 11.4 Å². The van der Waals surface area contributed by atoms with Gasteiger partial charge in [-0.2, -0.15) is 5.10 Å². The predicted molar refractivity (Wildman–Crippen MR) is 109 cm³/mol. The molecule has 0 atom stereocenters. The van der Waals surface area contributed by atoms with Gasteiger partial charge in [0.15, 0.2) is 17.1 Å². The van der Waals surface area contributed by atoms with Gasteiger partial charge < -0.3 is 0 Å². The van der Waals surface area contributed by atoms with E-state index in [-0.39, 0.29) is 6.61 Å². The summed E-state index contributed by atoms with van der Waals surface area (Å²) in [5.41, 5.74) is 6.80. The second kappa shape index (κ2) is 7.17. The highest BCUT2D eigenvalue weighted by Crippen LogP contribution is 2.19. The minimum Gasteiger partial charge on any atom is -0.268 e. The molecule has 0 bridgehead atoms. The van der Waals surface area contributed by atoms with E-state index in [4.69, 9.17) is 4.84 Å². The quantitative estimate of drug-likeness (QED) is 0.454. The van der Waals surface area contributed by atoms with Gasteiger partial charge in [-0.25, -0.2) is 19.2 Å². The predicted octanol–water partition coefficient (Wildman–Crippen LogP) is 3.16. The average Bonchev–Trinajstić information content (AvgIpc) is 3.38. The lowest BCUT2D eigenvalue weighted by atomic mass is 10.2.